The number of hydrogen-bond acceptors (Lipinski definition) is 6. The van der Waals surface area contributed by atoms with Crippen LogP contribution in [0.5, 0.6) is 5.75 Å². The van der Waals surface area contributed by atoms with Gasteiger partial charge < -0.3 is 9.64 Å². The molecule has 1 saturated carbocycles. The molecule has 3 aliphatic rings. The van der Waals surface area contributed by atoms with E-state index in [1.54, 1.807) is 12.1 Å². The molecule has 7 nitrogen and oxygen atoms in total. The largest absolute Gasteiger partial charge is 0.490 e. The number of rotatable bonds is 4. The average molecular weight is 360 g/mol. The van der Waals surface area contributed by atoms with E-state index >= 15 is 0 Å². The Bertz CT molecular complexity index is 683. The molecule has 1 aromatic carbocycles. The van der Waals surface area contributed by atoms with Crippen molar-refractivity contribution in [2.75, 3.05) is 51.8 Å². The average Bonchev–Trinajstić information content (AvgIpc) is 3.44. The molecular weight excluding hydrogens is 332 g/mol. The van der Waals surface area contributed by atoms with Crippen LogP contribution in [0.15, 0.2) is 18.2 Å². The second kappa shape index (κ2) is 6.70. The second-order valence-electron chi connectivity index (χ2n) is 7.95. The van der Waals surface area contributed by atoms with Crippen molar-refractivity contribution >= 4 is 11.4 Å². The number of nitro groups is 1. The molecule has 4 rings (SSSR count). The Kier molecular flexibility index (Phi) is 4.52. The van der Waals surface area contributed by atoms with Gasteiger partial charge in [-0.25, -0.2) is 0 Å². The van der Waals surface area contributed by atoms with Crippen LogP contribution in [0.2, 0.25) is 0 Å². The SMILES string of the molecule is COc1cc(N2CCC(N3CCN(C)C4(CC4)C3)CC2)ccc1[N+](=O)[O-]. The van der Waals surface area contributed by atoms with Crippen molar-refractivity contribution in [1.29, 1.82) is 0 Å². The molecule has 0 amide bonds. The highest BCUT2D eigenvalue weighted by Gasteiger charge is 2.50. The fraction of sp³-hybridized carbons (Fsp3) is 0.684. The number of ether oxygens (including phenoxy) is 1. The van der Waals surface area contributed by atoms with Crippen LogP contribution in [-0.4, -0.2) is 73.2 Å². The van der Waals surface area contributed by atoms with E-state index in [1.165, 1.54) is 39.6 Å². The smallest absolute Gasteiger partial charge is 0.311 e. The van der Waals surface area contributed by atoms with Crippen LogP contribution in [0.1, 0.15) is 25.7 Å². The number of nitro benzene ring substituents is 1. The standard InChI is InChI=1S/C19H28N4O3/c1-20-11-12-22(14-19(20)7-8-19)15-5-9-21(10-6-15)16-3-4-17(23(24)25)18(13-16)26-2/h3-4,13,15H,5-12,14H2,1-2H3. The predicted octanol–water partition coefficient (Wildman–Crippen LogP) is 2.35. The molecule has 3 fully saturated rings. The highest BCUT2D eigenvalue weighted by Crippen LogP contribution is 2.44. The van der Waals surface area contributed by atoms with Crippen LogP contribution in [0, 0.1) is 10.1 Å². The minimum atomic E-state index is -0.393. The zero-order valence-electron chi connectivity index (χ0n) is 15.7. The normalized spacial score (nSPS) is 24.0. The molecule has 1 spiro atoms. The van der Waals surface area contributed by atoms with Crippen molar-refractivity contribution in [3.8, 4) is 5.75 Å². The van der Waals surface area contributed by atoms with E-state index in [9.17, 15) is 10.1 Å². The van der Waals surface area contributed by atoms with Gasteiger partial charge in [0.25, 0.3) is 0 Å². The Morgan fingerprint density at radius 1 is 1.19 bits per heavy atom. The molecule has 0 atom stereocenters. The van der Waals surface area contributed by atoms with Gasteiger partial charge in [0.1, 0.15) is 0 Å². The molecule has 1 aromatic rings. The van der Waals surface area contributed by atoms with Gasteiger partial charge in [-0.3, -0.25) is 19.9 Å². The molecule has 0 unspecified atom stereocenters. The number of methoxy groups -OCH3 is 1. The van der Waals surface area contributed by atoms with E-state index in [2.05, 4.69) is 21.7 Å². The fourth-order valence-electron chi connectivity index (χ4n) is 4.59. The summed E-state index contributed by atoms with van der Waals surface area (Å²) in [7, 11) is 3.76. The summed E-state index contributed by atoms with van der Waals surface area (Å²) in [5.41, 5.74) is 1.52. The maximum atomic E-state index is 11.1. The Morgan fingerprint density at radius 2 is 1.92 bits per heavy atom. The van der Waals surface area contributed by atoms with Crippen molar-refractivity contribution in [3.63, 3.8) is 0 Å². The van der Waals surface area contributed by atoms with Gasteiger partial charge in [-0.05, 0) is 38.8 Å². The number of likely N-dealkylation sites (N-methyl/N-ethyl adjacent to an activating group) is 1. The first-order chi connectivity index (χ1) is 12.5. The maximum absolute atomic E-state index is 11.1. The monoisotopic (exact) mass is 360 g/mol. The lowest BCUT2D eigenvalue weighted by atomic mass is 9.99. The van der Waals surface area contributed by atoms with Gasteiger partial charge in [-0.15, -0.1) is 0 Å². The van der Waals surface area contributed by atoms with Gasteiger partial charge in [-0.1, -0.05) is 0 Å². The Morgan fingerprint density at radius 3 is 2.54 bits per heavy atom. The van der Waals surface area contributed by atoms with E-state index in [-0.39, 0.29) is 5.69 Å². The van der Waals surface area contributed by atoms with Crippen molar-refractivity contribution in [2.45, 2.75) is 37.3 Å². The lowest BCUT2D eigenvalue weighted by Crippen LogP contribution is -2.57. The van der Waals surface area contributed by atoms with E-state index in [1.807, 2.05) is 6.07 Å². The van der Waals surface area contributed by atoms with Gasteiger partial charge in [0.05, 0.1) is 12.0 Å². The summed E-state index contributed by atoms with van der Waals surface area (Å²) in [6.45, 7) is 5.56. The molecule has 0 aromatic heterocycles. The maximum Gasteiger partial charge on any atom is 0.311 e. The first-order valence-electron chi connectivity index (χ1n) is 9.55. The molecule has 2 aliphatic heterocycles. The summed E-state index contributed by atoms with van der Waals surface area (Å²) in [6.07, 6.45) is 5.00. The van der Waals surface area contributed by atoms with Gasteiger partial charge in [0, 0.05) is 62.1 Å². The van der Waals surface area contributed by atoms with Crippen molar-refractivity contribution in [2.24, 2.45) is 0 Å². The first kappa shape index (κ1) is 17.5. The van der Waals surface area contributed by atoms with Crippen LogP contribution in [0.25, 0.3) is 0 Å². The third-order valence-corrected chi connectivity index (χ3v) is 6.56. The number of piperidine rings is 1. The van der Waals surface area contributed by atoms with Crippen LogP contribution in [-0.2, 0) is 0 Å². The van der Waals surface area contributed by atoms with E-state index in [4.69, 9.17) is 4.74 Å². The van der Waals surface area contributed by atoms with Gasteiger partial charge in [-0.2, -0.15) is 0 Å². The lowest BCUT2D eigenvalue weighted by molar-refractivity contribution is -0.385. The number of nitrogens with zero attached hydrogens (tertiary/aromatic N) is 4. The molecule has 0 radical (unpaired) electrons. The molecule has 2 saturated heterocycles. The fourth-order valence-corrected chi connectivity index (χ4v) is 4.59. The van der Waals surface area contributed by atoms with E-state index < -0.39 is 4.92 Å². The molecule has 1 aliphatic carbocycles. The third-order valence-electron chi connectivity index (χ3n) is 6.56. The van der Waals surface area contributed by atoms with Crippen molar-refractivity contribution < 1.29 is 9.66 Å². The summed E-state index contributed by atoms with van der Waals surface area (Å²) < 4.78 is 5.21. The van der Waals surface area contributed by atoms with Gasteiger partial charge in [0.2, 0.25) is 0 Å². The summed E-state index contributed by atoms with van der Waals surface area (Å²) in [5.74, 6) is 0.337. The molecule has 0 N–H and O–H groups in total. The summed E-state index contributed by atoms with van der Waals surface area (Å²) >= 11 is 0. The van der Waals surface area contributed by atoms with E-state index in [0.717, 1.165) is 31.6 Å². The van der Waals surface area contributed by atoms with Crippen molar-refractivity contribution in [1.82, 2.24) is 9.80 Å². The molecule has 26 heavy (non-hydrogen) atoms. The quantitative estimate of drug-likeness (QED) is 0.607. The Balaban J connectivity index is 1.39. The number of benzene rings is 1. The third kappa shape index (κ3) is 3.14. The molecule has 2 heterocycles. The van der Waals surface area contributed by atoms with Crippen LogP contribution < -0.4 is 9.64 Å². The molecule has 7 heteroatoms. The Labute approximate surface area is 154 Å². The highest BCUT2D eigenvalue weighted by molar-refractivity contribution is 5.59. The van der Waals surface area contributed by atoms with Gasteiger partial charge in [0.15, 0.2) is 5.75 Å². The van der Waals surface area contributed by atoms with Crippen molar-refractivity contribution in [3.05, 3.63) is 28.3 Å². The molecule has 142 valence electrons. The number of hydrogen-bond donors (Lipinski definition) is 0. The molecule has 0 bridgehead atoms. The summed E-state index contributed by atoms with van der Waals surface area (Å²) in [5, 5.41) is 11.1. The van der Waals surface area contributed by atoms with Crippen LogP contribution in [0.4, 0.5) is 11.4 Å². The summed E-state index contributed by atoms with van der Waals surface area (Å²) in [6, 6.07) is 5.86. The lowest BCUT2D eigenvalue weighted by Gasteiger charge is -2.46. The van der Waals surface area contributed by atoms with Crippen LogP contribution in [0.3, 0.4) is 0 Å². The zero-order valence-corrected chi connectivity index (χ0v) is 15.7. The van der Waals surface area contributed by atoms with E-state index in [0.29, 0.717) is 17.3 Å². The predicted molar refractivity (Wildman–Crippen MR) is 101 cm³/mol. The molecular formula is C19H28N4O3. The minimum Gasteiger partial charge on any atom is -0.490 e. The zero-order chi connectivity index (χ0) is 18.3. The minimum absolute atomic E-state index is 0.0262. The highest BCUT2D eigenvalue weighted by atomic mass is 16.6. The van der Waals surface area contributed by atoms with Gasteiger partial charge >= 0.3 is 5.69 Å². The topological polar surface area (TPSA) is 62.1 Å². The second-order valence-corrected chi connectivity index (χ2v) is 7.95. The van der Waals surface area contributed by atoms with Crippen LogP contribution >= 0.6 is 0 Å². The first-order valence-corrected chi connectivity index (χ1v) is 9.55. The summed E-state index contributed by atoms with van der Waals surface area (Å²) in [4.78, 5) is 18.3. The number of piperazine rings is 1. The Hall–Kier alpha value is -1.86. The number of anilines is 1.